The number of hydrogen-bond acceptors (Lipinski definition) is 3. The van der Waals surface area contributed by atoms with Crippen molar-refractivity contribution in [3.63, 3.8) is 0 Å². The summed E-state index contributed by atoms with van der Waals surface area (Å²) in [7, 11) is 3.93. The van der Waals surface area contributed by atoms with Gasteiger partial charge in [-0.1, -0.05) is 12.2 Å². The minimum atomic E-state index is -0.419. The average Bonchev–Trinajstić information content (AvgIpc) is 2.44. The minimum Gasteiger partial charge on any atom is -0.389 e. The number of hydrogen-bond donors (Lipinski definition) is 2. The number of anilines is 3. The van der Waals surface area contributed by atoms with E-state index in [4.69, 9.17) is 18.0 Å². The van der Waals surface area contributed by atoms with Crippen LogP contribution in [0.2, 0.25) is 0 Å². The Hall–Kier alpha value is -1.66. The van der Waals surface area contributed by atoms with E-state index in [9.17, 15) is 4.39 Å². The van der Waals surface area contributed by atoms with Gasteiger partial charge in [0.05, 0.1) is 10.2 Å². The third kappa shape index (κ3) is 3.51. The van der Waals surface area contributed by atoms with Gasteiger partial charge in [-0.3, -0.25) is 0 Å². The smallest absolute Gasteiger partial charge is 0.161 e. The zero-order valence-electron chi connectivity index (χ0n) is 11.7. The number of rotatable bonds is 4. The lowest BCUT2D eigenvalue weighted by Gasteiger charge is -2.14. The summed E-state index contributed by atoms with van der Waals surface area (Å²) < 4.78 is 14.6. The van der Waals surface area contributed by atoms with Crippen LogP contribution in [0, 0.1) is 5.82 Å². The van der Waals surface area contributed by atoms with Crippen LogP contribution in [0.4, 0.5) is 21.5 Å². The lowest BCUT2D eigenvalue weighted by atomic mass is 10.2. The molecule has 0 atom stereocenters. The van der Waals surface area contributed by atoms with Crippen LogP contribution in [-0.2, 0) is 0 Å². The number of thiocarbonyl (C=S) groups is 1. The fourth-order valence-corrected chi connectivity index (χ4v) is 2.70. The van der Waals surface area contributed by atoms with Gasteiger partial charge in [0.1, 0.15) is 4.99 Å². The van der Waals surface area contributed by atoms with E-state index in [2.05, 4.69) is 21.2 Å². The molecule has 0 radical (unpaired) electrons. The zero-order chi connectivity index (χ0) is 15.6. The Labute approximate surface area is 137 Å². The van der Waals surface area contributed by atoms with E-state index in [1.165, 1.54) is 0 Å². The fourth-order valence-electron chi connectivity index (χ4n) is 1.83. The van der Waals surface area contributed by atoms with Crippen molar-refractivity contribution in [2.45, 2.75) is 0 Å². The molecular formula is C15H15BrFN3S. The number of nitrogens with zero attached hydrogens (tertiary/aromatic N) is 1. The molecule has 0 amide bonds. The first-order valence-corrected chi connectivity index (χ1v) is 7.42. The molecule has 0 aromatic heterocycles. The van der Waals surface area contributed by atoms with Gasteiger partial charge in [-0.25, -0.2) is 4.39 Å². The van der Waals surface area contributed by atoms with Gasteiger partial charge in [-0.15, -0.1) is 0 Å². The summed E-state index contributed by atoms with van der Waals surface area (Å²) in [6, 6.07) is 11.0. The Kier molecular flexibility index (Phi) is 4.80. The monoisotopic (exact) mass is 367 g/mol. The highest BCUT2D eigenvalue weighted by atomic mass is 79.9. The molecule has 0 unspecified atom stereocenters. The number of nitrogens with two attached hydrogens (primary N) is 1. The molecule has 2 rings (SSSR count). The van der Waals surface area contributed by atoms with Gasteiger partial charge in [-0.05, 0) is 52.3 Å². The Morgan fingerprint density at radius 2 is 1.81 bits per heavy atom. The van der Waals surface area contributed by atoms with Gasteiger partial charge in [0, 0.05) is 31.0 Å². The normalized spacial score (nSPS) is 10.3. The molecule has 0 heterocycles. The molecule has 0 aliphatic rings. The third-order valence-electron chi connectivity index (χ3n) is 3.01. The van der Waals surface area contributed by atoms with Crippen LogP contribution < -0.4 is 16.0 Å². The number of halogens is 2. The Balaban J connectivity index is 2.27. The molecule has 0 saturated carbocycles. The summed E-state index contributed by atoms with van der Waals surface area (Å²) in [5.41, 5.74) is 8.26. The van der Waals surface area contributed by atoms with E-state index in [1.54, 1.807) is 12.1 Å². The van der Waals surface area contributed by atoms with Crippen LogP contribution in [0.15, 0.2) is 40.9 Å². The number of nitrogens with one attached hydrogen (secondary N) is 1. The highest BCUT2D eigenvalue weighted by Gasteiger charge is 2.13. The molecule has 3 nitrogen and oxygen atoms in total. The molecule has 110 valence electrons. The molecule has 0 aliphatic carbocycles. The highest BCUT2D eigenvalue weighted by molar-refractivity contribution is 9.10. The molecule has 3 N–H and O–H groups in total. The molecule has 0 aliphatic heterocycles. The molecule has 6 heteroatoms. The molecule has 2 aromatic carbocycles. The summed E-state index contributed by atoms with van der Waals surface area (Å²) in [4.78, 5) is 2.15. The van der Waals surface area contributed by atoms with Crippen LogP contribution in [-0.4, -0.2) is 19.1 Å². The maximum Gasteiger partial charge on any atom is 0.161 e. The van der Waals surface area contributed by atoms with E-state index in [1.807, 2.05) is 43.3 Å². The highest BCUT2D eigenvalue weighted by Crippen LogP contribution is 2.29. The standard InChI is InChI=1S/C15H15BrFN3S/c1-20(2)10-5-3-9(4-6-10)19-12-8-7-11(15(18)21)13(16)14(12)17/h3-8,19H,1-2H3,(H2,18,21). The molecule has 2 aromatic rings. The maximum absolute atomic E-state index is 14.3. The maximum atomic E-state index is 14.3. The lowest BCUT2D eigenvalue weighted by Crippen LogP contribution is -2.11. The van der Waals surface area contributed by atoms with Crippen LogP contribution in [0.3, 0.4) is 0 Å². The summed E-state index contributed by atoms with van der Waals surface area (Å²) in [6.07, 6.45) is 0. The van der Waals surface area contributed by atoms with E-state index >= 15 is 0 Å². The van der Waals surface area contributed by atoms with Crippen molar-refractivity contribution < 1.29 is 4.39 Å². The van der Waals surface area contributed by atoms with Gasteiger partial charge in [-0.2, -0.15) is 0 Å². The molecular weight excluding hydrogens is 353 g/mol. The van der Waals surface area contributed by atoms with Crippen molar-refractivity contribution in [3.05, 3.63) is 52.3 Å². The van der Waals surface area contributed by atoms with E-state index in [0.717, 1.165) is 11.4 Å². The fraction of sp³-hybridized carbons (Fsp3) is 0.133. The average molecular weight is 368 g/mol. The second kappa shape index (κ2) is 6.41. The predicted molar refractivity (Wildman–Crippen MR) is 94.0 cm³/mol. The van der Waals surface area contributed by atoms with Gasteiger partial charge < -0.3 is 16.0 Å². The van der Waals surface area contributed by atoms with Crippen molar-refractivity contribution in [1.29, 1.82) is 0 Å². The van der Waals surface area contributed by atoms with Crippen LogP contribution >= 0.6 is 28.1 Å². The first-order chi connectivity index (χ1) is 9.90. The summed E-state index contributed by atoms with van der Waals surface area (Å²) in [5, 5.41) is 3.04. The second-order valence-electron chi connectivity index (χ2n) is 4.72. The first-order valence-electron chi connectivity index (χ1n) is 6.22. The van der Waals surface area contributed by atoms with E-state index < -0.39 is 5.82 Å². The van der Waals surface area contributed by atoms with Gasteiger partial charge in [0.25, 0.3) is 0 Å². The van der Waals surface area contributed by atoms with Crippen molar-refractivity contribution in [2.75, 3.05) is 24.3 Å². The zero-order valence-corrected chi connectivity index (χ0v) is 14.1. The summed E-state index contributed by atoms with van der Waals surface area (Å²) in [5.74, 6) is -0.419. The van der Waals surface area contributed by atoms with Gasteiger partial charge >= 0.3 is 0 Å². The third-order valence-corrected chi connectivity index (χ3v) is 4.01. The van der Waals surface area contributed by atoms with Crippen molar-refractivity contribution >= 4 is 50.2 Å². The Morgan fingerprint density at radius 1 is 1.19 bits per heavy atom. The van der Waals surface area contributed by atoms with Crippen molar-refractivity contribution in [2.24, 2.45) is 5.73 Å². The van der Waals surface area contributed by atoms with Gasteiger partial charge in [0.2, 0.25) is 0 Å². The Morgan fingerprint density at radius 3 is 2.33 bits per heavy atom. The quantitative estimate of drug-likeness (QED) is 0.800. The molecule has 0 bridgehead atoms. The largest absolute Gasteiger partial charge is 0.389 e. The van der Waals surface area contributed by atoms with Crippen LogP contribution in [0.1, 0.15) is 5.56 Å². The van der Waals surface area contributed by atoms with E-state index in [0.29, 0.717) is 11.3 Å². The minimum absolute atomic E-state index is 0.155. The predicted octanol–water partition coefficient (Wildman–Crippen LogP) is 4.03. The van der Waals surface area contributed by atoms with Crippen molar-refractivity contribution in [1.82, 2.24) is 0 Å². The van der Waals surface area contributed by atoms with E-state index in [-0.39, 0.29) is 9.46 Å². The molecule has 21 heavy (non-hydrogen) atoms. The lowest BCUT2D eigenvalue weighted by molar-refractivity contribution is 0.625. The Bertz CT molecular complexity index is 671. The van der Waals surface area contributed by atoms with Crippen LogP contribution in [0.5, 0.6) is 0 Å². The first kappa shape index (κ1) is 15.7. The van der Waals surface area contributed by atoms with Crippen molar-refractivity contribution in [3.8, 4) is 0 Å². The number of benzene rings is 2. The molecule has 0 fully saturated rings. The van der Waals surface area contributed by atoms with Gasteiger partial charge in [0.15, 0.2) is 5.82 Å². The molecule has 0 spiro atoms. The second-order valence-corrected chi connectivity index (χ2v) is 5.95. The summed E-state index contributed by atoms with van der Waals surface area (Å²) in [6.45, 7) is 0. The molecule has 0 saturated heterocycles. The topological polar surface area (TPSA) is 41.3 Å². The summed E-state index contributed by atoms with van der Waals surface area (Å²) >= 11 is 8.06. The SMILES string of the molecule is CN(C)c1ccc(Nc2ccc(C(N)=S)c(Br)c2F)cc1. The van der Waals surface area contributed by atoms with Crippen LogP contribution in [0.25, 0.3) is 0 Å².